The van der Waals surface area contributed by atoms with Gasteiger partial charge in [-0.1, -0.05) is 12.8 Å². The summed E-state index contributed by atoms with van der Waals surface area (Å²) in [4.78, 5) is 25.4. The zero-order valence-electron chi connectivity index (χ0n) is 14.0. The van der Waals surface area contributed by atoms with E-state index in [9.17, 15) is 4.79 Å². The van der Waals surface area contributed by atoms with Crippen LogP contribution in [0.2, 0.25) is 0 Å². The van der Waals surface area contributed by atoms with E-state index in [1.54, 1.807) is 0 Å². The van der Waals surface area contributed by atoms with Gasteiger partial charge in [0.05, 0.1) is 12.2 Å². The number of piperazine rings is 1. The summed E-state index contributed by atoms with van der Waals surface area (Å²) in [5.41, 5.74) is 12.7. The Morgan fingerprint density at radius 1 is 1.12 bits per heavy atom. The van der Waals surface area contributed by atoms with E-state index in [4.69, 9.17) is 11.5 Å². The summed E-state index contributed by atoms with van der Waals surface area (Å²) in [5.74, 6) is 1.64. The zero-order valence-corrected chi connectivity index (χ0v) is 14.0. The number of carbonyl (C=O) groups excluding carboxylic acids is 1. The van der Waals surface area contributed by atoms with Crippen molar-refractivity contribution in [3.63, 3.8) is 0 Å². The molecule has 0 atom stereocenters. The van der Waals surface area contributed by atoms with Crippen molar-refractivity contribution < 1.29 is 4.79 Å². The van der Waals surface area contributed by atoms with Gasteiger partial charge in [-0.3, -0.25) is 4.79 Å². The molecule has 24 heavy (non-hydrogen) atoms. The van der Waals surface area contributed by atoms with Crippen molar-refractivity contribution in [3.05, 3.63) is 11.8 Å². The van der Waals surface area contributed by atoms with Gasteiger partial charge in [0.2, 0.25) is 11.9 Å². The number of nitrogens with two attached hydrogens (primary N) is 2. The molecule has 0 unspecified atom stereocenters. The standard InChI is InChI=1S/C17H26N6O/c18-12-7-11(8-12)14-9-15(21-17(19)20-14)22-5-6-23(16(24)10-22)13-3-1-2-4-13/h9,11-13H,1-8,10,18H2,(H2,19,20,21). The lowest BCUT2D eigenvalue weighted by molar-refractivity contribution is -0.133. The molecule has 1 aromatic heterocycles. The predicted octanol–water partition coefficient (Wildman–Crippen LogP) is 0.855. The highest BCUT2D eigenvalue weighted by Gasteiger charge is 2.33. The van der Waals surface area contributed by atoms with E-state index < -0.39 is 0 Å². The molecule has 4 N–H and O–H groups in total. The molecule has 0 spiro atoms. The van der Waals surface area contributed by atoms with Crippen LogP contribution in [0.4, 0.5) is 11.8 Å². The molecule has 1 saturated heterocycles. The molecule has 2 saturated carbocycles. The number of nitrogens with zero attached hydrogens (tertiary/aromatic N) is 4. The Morgan fingerprint density at radius 2 is 1.88 bits per heavy atom. The van der Waals surface area contributed by atoms with Crippen LogP contribution in [0.15, 0.2) is 6.07 Å². The van der Waals surface area contributed by atoms with Gasteiger partial charge in [0, 0.05) is 37.2 Å². The second-order valence-corrected chi connectivity index (χ2v) is 7.38. The van der Waals surface area contributed by atoms with Gasteiger partial charge in [0.25, 0.3) is 0 Å². The minimum absolute atomic E-state index is 0.206. The molecule has 7 heteroatoms. The molecule has 1 aromatic rings. The first-order valence-corrected chi connectivity index (χ1v) is 9.04. The topological polar surface area (TPSA) is 101 Å². The Labute approximate surface area is 142 Å². The Kier molecular flexibility index (Phi) is 4.04. The third-order valence-corrected chi connectivity index (χ3v) is 5.69. The molecule has 4 rings (SSSR count). The summed E-state index contributed by atoms with van der Waals surface area (Å²) in [6, 6.07) is 2.71. The SMILES string of the molecule is Nc1nc(C2CC(N)C2)cc(N2CCN(C3CCCC3)C(=O)C2)n1. The number of amides is 1. The van der Waals surface area contributed by atoms with Crippen LogP contribution in [0.3, 0.4) is 0 Å². The van der Waals surface area contributed by atoms with Crippen molar-refractivity contribution in [1.82, 2.24) is 14.9 Å². The summed E-state index contributed by atoms with van der Waals surface area (Å²) >= 11 is 0. The lowest BCUT2D eigenvalue weighted by Crippen LogP contribution is -2.53. The van der Waals surface area contributed by atoms with Crippen molar-refractivity contribution in [3.8, 4) is 0 Å². The van der Waals surface area contributed by atoms with E-state index in [1.165, 1.54) is 12.8 Å². The van der Waals surface area contributed by atoms with E-state index in [1.807, 2.05) is 11.0 Å². The number of hydrogen-bond donors (Lipinski definition) is 2. The number of hydrogen-bond acceptors (Lipinski definition) is 6. The van der Waals surface area contributed by atoms with Crippen LogP contribution in [0.5, 0.6) is 0 Å². The van der Waals surface area contributed by atoms with Crippen molar-refractivity contribution in [2.24, 2.45) is 5.73 Å². The van der Waals surface area contributed by atoms with Crippen molar-refractivity contribution >= 4 is 17.7 Å². The zero-order chi connectivity index (χ0) is 16.7. The summed E-state index contributed by atoms with van der Waals surface area (Å²) in [5, 5.41) is 0. The molecule has 2 aliphatic carbocycles. The number of rotatable bonds is 3. The van der Waals surface area contributed by atoms with Crippen LogP contribution in [-0.2, 0) is 4.79 Å². The van der Waals surface area contributed by atoms with Crippen LogP contribution >= 0.6 is 0 Å². The molecule has 0 bridgehead atoms. The van der Waals surface area contributed by atoms with Crippen LogP contribution in [0.25, 0.3) is 0 Å². The number of carbonyl (C=O) groups is 1. The third kappa shape index (κ3) is 2.92. The molecular formula is C17H26N6O. The van der Waals surface area contributed by atoms with Gasteiger partial charge in [-0.05, 0) is 25.7 Å². The highest BCUT2D eigenvalue weighted by atomic mass is 16.2. The van der Waals surface area contributed by atoms with Gasteiger partial charge < -0.3 is 21.3 Å². The molecule has 3 aliphatic rings. The first-order chi connectivity index (χ1) is 11.6. The fourth-order valence-corrected chi connectivity index (χ4v) is 4.23. The van der Waals surface area contributed by atoms with Crippen molar-refractivity contribution in [2.75, 3.05) is 30.3 Å². The van der Waals surface area contributed by atoms with Gasteiger partial charge in [0.15, 0.2) is 0 Å². The molecule has 7 nitrogen and oxygen atoms in total. The average molecular weight is 330 g/mol. The maximum absolute atomic E-state index is 12.6. The summed E-state index contributed by atoms with van der Waals surface area (Å²) in [6.45, 7) is 1.97. The lowest BCUT2D eigenvalue weighted by atomic mass is 9.78. The molecule has 130 valence electrons. The maximum Gasteiger partial charge on any atom is 0.242 e. The van der Waals surface area contributed by atoms with E-state index in [-0.39, 0.29) is 17.9 Å². The van der Waals surface area contributed by atoms with Gasteiger partial charge in [0.1, 0.15) is 5.82 Å². The van der Waals surface area contributed by atoms with Crippen LogP contribution < -0.4 is 16.4 Å². The lowest BCUT2D eigenvalue weighted by Gasteiger charge is -2.38. The predicted molar refractivity (Wildman–Crippen MR) is 92.6 cm³/mol. The smallest absolute Gasteiger partial charge is 0.242 e. The van der Waals surface area contributed by atoms with Crippen molar-refractivity contribution in [2.45, 2.75) is 56.5 Å². The average Bonchev–Trinajstić information content (AvgIpc) is 3.05. The second kappa shape index (κ2) is 6.20. The fraction of sp³-hybridized carbons (Fsp3) is 0.706. The van der Waals surface area contributed by atoms with Gasteiger partial charge in [-0.25, -0.2) is 4.98 Å². The molecule has 3 fully saturated rings. The monoisotopic (exact) mass is 330 g/mol. The number of anilines is 2. The molecular weight excluding hydrogens is 304 g/mol. The third-order valence-electron chi connectivity index (χ3n) is 5.69. The number of nitrogen functional groups attached to an aromatic ring is 1. The molecule has 2 heterocycles. The molecule has 0 radical (unpaired) electrons. The van der Waals surface area contributed by atoms with E-state index in [2.05, 4.69) is 14.9 Å². The number of aromatic nitrogens is 2. The second-order valence-electron chi connectivity index (χ2n) is 7.38. The molecule has 1 aliphatic heterocycles. The highest BCUT2D eigenvalue weighted by Crippen LogP contribution is 2.36. The first-order valence-electron chi connectivity index (χ1n) is 9.04. The van der Waals surface area contributed by atoms with E-state index in [0.29, 0.717) is 18.5 Å². The Hall–Kier alpha value is -1.89. The largest absolute Gasteiger partial charge is 0.368 e. The molecule has 1 amide bonds. The quantitative estimate of drug-likeness (QED) is 0.852. The highest BCUT2D eigenvalue weighted by molar-refractivity contribution is 5.83. The van der Waals surface area contributed by atoms with Gasteiger partial charge in [-0.15, -0.1) is 0 Å². The normalized spacial score (nSPS) is 28.3. The summed E-state index contributed by atoms with van der Waals surface area (Å²) in [6.07, 6.45) is 6.69. The van der Waals surface area contributed by atoms with Crippen LogP contribution in [-0.4, -0.2) is 52.5 Å². The summed E-state index contributed by atoms with van der Waals surface area (Å²) in [7, 11) is 0. The minimum Gasteiger partial charge on any atom is -0.368 e. The van der Waals surface area contributed by atoms with Crippen molar-refractivity contribution in [1.29, 1.82) is 0 Å². The fourth-order valence-electron chi connectivity index (χ4n) is 4.23. The minimum atomic E-state index is 0.206. The van der Waals surface area contributed by atoms with E-state index in [0.717, 1.165) is 50.3 Å². The Morgan fingerprint density at radius 3 is 2.54 bits per heavy atom. The first kappa shape index (κ1) is 15.6. The van der Waals surface area contributed by atoms with Crippen LogP contribution in [0.1, 0.15) is 50.1 Å². The maximum atomic E-state index is 12.6. The summed E-state index contributed by atoms with van der Waals surface area (Å²) < 4.78 is 0. The van der Waals surface area contributed by atoms with Gasteiger partial charge >= 0.3 is 0 Å². The van der Waals surface area contributed by atoms with Gasteiger partial charge in [-0.2, -0.15) is 4.98 Å². The van der Waals surface area contributed by atoms with Crippen LogP contribution in [0, 0.1) is 0 Å². The Bertz CT molecular complexity index is 624. The Balaban J connectivity index is 1.47. The van der Waals surface area contributed by atoms with E-state index >= 15 is 0 Å². The molecule has 0 aromatic carbocycles.